The molecule has 0 saturated heterocycles. The van der Waals surface area contributed by atoms with Crippen LogP contribution in [-0.4, -0.2) is 21.4 Å². The van der Waals surface area contributed by atoms with Crippen molar-refractivity contribution in [3.63, 3.8) is 0 Å². The van der Waals surface area contributed by atoms with Crippen LogP contribution in [0.4, 0.5) is 11.4 Å². The summed E-state index contributed by atoms with van der Waals surface area (Å²) in [5, 5.41) is 9.68. The molecule has 2 N–H and O–H groups in total. The van der Waals surface area contributed by atoms with Gasteiger partial charge in [-0.25, -0.2) is 0 Å². The Kier molecular flexibility index (Phi) is 6.43. The second kappa shape index (κ2) is 8.54. The molecular weight excluding hydrogens is 324 g/mol. The highest BCUT2D eigenvalue weighted by Crippen LogP contribution is 2.21. The Bertz CT molecular complexity index is 695. The smallest absolute Gasteiger partial charge is 0.269 e. The van der Waals surface area contributed by atoms with Crippen molar-refractivity contribution >= 4 is 34.7 Å². The highest BCUT2D eigenvalue weighted by molar-refractivity contribution is 7.08. The molecule has 6 nitrogen and oxygen atoms in total. The van der Waals surface area contributed by atoms with Gasteiger partial charge in [-0.05, 0) is 48.1 Å². The van der Waals surface area contributed by atoms with Crippen LogP contribution in [-0.2, 0) is 4.79 Å². The molecule has 7 heteroatoms. The zero-order chi connectivity index (χ0) is 17.5. The number of amides is 2. The first-order chi connectivity index (χ1) is 11.5. The molecule has 0 aliphatic carbocycles. The first-order valence-corrected chi connectivity index (χ1v) is 8.82. The van der Waals surface area contributed by atoms with Gasteiger partial charge in [0.1, 0.15) is 4.88 Å². The Morgan fingerprint density at radius 2 is 1.75 bits per heavy atom. The van der Waals surface area contributed by atoms with Gasteiger partial charge in [0, 0.05) is 17.8 Å². The summed E-state index contributed by atoms with van der Waals surface area (Å²) in [4.78, 5) is 24.6. The molecular formula is C17H22N4O2S. The van der Waals surface area contributed by atoms with Crippen molar-refractivity contribution in [3.8, 4) is 0 Å². The number of aromatic nitrogens is 2. The number of carbonyl (C=O) groups excluding carboxylic acids is 2. The summed E-state index contributed by atoms with van der Waals surface area (Å²) in [5.74, 6) is -0.0652. The number of rotatable bonds is 7. The molecule has 1 heterocycles. The molecule has 0 radical (unpaired) electrons. The monoisotopic (exact) mass is 346 g/mol. The van der Waals surface area contributed by atoms with Gasteiger partial charge in [-0.15, -0.1) is 5.10 Å². The predicted molar refractivity (Wildman–Crippen MR) is 96.5 cm³/mol. The van der Waals surface area contributed by atoms with Crippen molar-refractivity contribution in [2.75, 3.05) is 10.6 Å². The van der Waals surface area contributed by atoms with Crippen molar-refractivity contribution in [2.45, 2.75) is 46.0 Å². The van der Waals surface area contributed by atoms with Crippen molar-refractivity contribution in [1.29, 1.82) is 0 Å². The van der Waals surface area contributed by atoms with Crippen LogP contribution in [0.2, 0.25) is 0 Å². The normalized spacial score (nSPS) is 10.7. The van der Waals surface area contributed by atoms with E-state index in [0.717, 1.165) is 30.1 Å². The zero-order valence-electron chi connectivity index (χ0n) is 14.1. The minimum Gasteiger partial charge on any atom is -0.326 e. The van der Waals surface area contributed by atoms with E-state index < -0.39 is 0 Å². The van der Waals surface area contributed by atoms with E-state index in [0.29, 0.717) is 22.7 Å². The summed E-state index contributed by atoms with van der Waals surface area (Å²) in [7, 11) is 0. The van der Waals surface area contributed by atoms with Crippen molar-refractivity contribution < 1.29 is 9.59 Å². The van der Waals surface area contributed by atoms with E-state index in [4.69, 9.17) is 0 Å². The summed E-state index contributed by atoms with van der Waals surface area (Å²) in [6.07, 6.45) is 2.38. The van der Waals surface area contributed by atoms with E-state index in [1.165, 1.54) is 0 Å². The van der Waals surface area contributed by atoms with Gasteiger partial charge in [0.15, 0.2) is 0 Å². The topological polar surface area (TPSA) is 84.0 Å². The molecule has 0 unspecified atom stereocenters. The predicted octanol–water partition coefficient (Wildman–Crippen LogP) is 4.04. The lowest BCUT2D eigenvalue weighted by Gasteiger charge is -2.08. The average Bonchev–Trinajstić information content (AvgIpc) is 3.05. The minimum atomic E-state index is -0.214. The maximum absolute atomic E-state index is 12.3. The van der Waals surface area contributed by atoms with E-state index >= 15 is 0 Å². The fourth-order valence-electron chi connectivity index (χ4n) is 2.12. The molecule has 0 atom stereocenters. The van der Waals surface area contributed by atoms with Gasteiger partial charge in [-0.3, -0.25) is 9.59 Å². The Morgan fingerprint density at radius 3 is 2.33 bits per heavy atom. The Labute approximate surface area is 145 Å². The summed E-state index contributed by atoms with van der Waals surface area (Å²) in [6.45, 7) is 6.00. The van der Waals surface area contributed by atoms with Crippen LogP contribution in [0.5, 0.6) is 0 Å². The maximum Gasteiger partial charge on any atom is 0.269 e. The van der Waals surface area contributed by atoms with Crippen LogP contribution in [0, 0.1) is 0 Å². The number of carbonyl (C=O) groups is 2. The number of hydrogen-bond donors (Lipinski definition) is 2. The fourth-order valence-corrected chi connectivity index (χ4v) is 2.83. The summed E-state index contributed by atoms with van der Waals surface area (Å²) in [6, 6.07) is 7.06. The van der Waals surface area contributed by atoms with Gasteiger partial charge >= 0.3 is 0 Å². The Hall–Kier alpha value is -2.28. The molecule has 1 aromatic heterocycles. The zero-order valence-corrected chi connectivity index (χ0v) is 14.9. The number of unbranched alkanes of at least 4 members (excludes halogenated alkanes) is 1. The number of nitrogens with one attached hydrogen (secondary N) is 2. The maximum atomic E-state index is 12.3. The van der Waals surface area contributed by atoms with Gasteiger partial charge < -0.3 is 10.6 Å². The number of nitrogens with zero attached hydrogens (tertiary/aromatic N) is 2. The standard InChI is InChI=1S/C17H22N4O2S/c1-4-5-6-14(22)18-12-7-9-13(10-8-12)19-17(23)16-15(11(2)3)20-21-24-16/h7-11H,4-6H2,1-3H3,(H,18,22)(H,19,23). The van der Waals surface area contributed by atoms with Gasteiger partial charge in [0.2, 0.25) is 5.91 Å². The van der Waals surface area contributed by atoms with E-state index in [1.807, 2.05) is 20.8 Å². The lowest BCUT2D eigenvalue weighted by molar-refractivity contribution is -0.116. The van der Waals surface area contributed by atoms with Crippen LogP contribution in [0.25, 0.3) is 0 Å². The summed E-state index contributed by atoms with van der Waals surface area (Å²) >= 11 is 1.09. The van der Waals surface area contributed by atoms with Crippen LogP contribution in [0.15, 0.2) is 24.3 Å². The SMILES string of the molecule is CCCCC(=O)Nc1ccc(NC(=O)c2snnc2C(C)C)cc1. The number of hydrogen-bond acceptors (Lipinski definition) is 5. The fraction of sp³-hybridized carbons (Fsp3) is 0.412. The lowest BCUT2D eigenvalue weighted by atomic mass is 10.1. The van der Waals surface area contributed by atoms with E-state index in [2.05, 4.69) is 20.2 Å². The molecule has 0 bridgehead atoms. The Morgan fingerprint density at radius 1 is 1.12 bits per heavy atom. The average molecular weight is 346 g/mol. The van der Waals surface area contributed by atoms with Crippen LogP contribution in [0.1, 0.15) is 61.3 Å². The largest absolute Gasteiger partial charge is 0.326 e. The third-order valence-electron chi connectivity index (χ3n) is 3.45. The third kappa shape index (κ3) is 4.86. The van der Waals surface area contributed by atoms with Crippen LogP contribution in [0.3, 0.4) is 0 Å². The van der Waals surface area contributed by atoms with Gasteiger partial charge in [0.05, 0.1) is 5.69 Å². The molecule has 2 aromatic rings. The highest BCUT2D eigenvalue weighted by Gasteiger charge is 2.18. The van der Waals surface area contributed by atoms with Gasteiger partial charge in [-0.2, -0.15) is 0 Å². The van der Waals surface area contributed by atoms with E-state index in [-0.39, 0.29) is 17.7 Å². The van der Waals surface area contributed by atoms with E-state index in [9.17, 15) is 9.59 Å². The quantitative estimate of drug-likeness (QED) is 0.792. The van der Waals surface area contributed by atoms with Crippen molar-refractivity contribution in [3.05, 3.63) is 34.8 Å². The highest BCUT2D eigenvalue weighted by atomic mass is 32.1. The van der Waals surface area contributed by atoms with Crippen LogP contribution >= 0.6 is 11.5 Å². The molecule has 24 heavy (non-hydrogen) atoms. The van der Waals surface area contributed by atoms with E-state index in [1.54, 1.807) is 24.3 Å². The molecule has 0 spiro atoms. The lowest BCUT2D eigenvalue weighted by Crippen LogP contribution is -2.13. The summed E-state index contributed by atoms with van der Waals surface area (Å²) < 4.78 is 3.86. The van der Waals surface area contributed by atoms with Crippen LogP contribution < -0.4 is 10.6 Å². The Balaban J connectivity index is 1.97. The molecule has 2 amide bonds. The number of anilines is 2. The molecule has 0 aliphatic heterocycles. The molecule has 0 aliphatic rings. The minimum absolute atomic E-state index is 0.00550. The molecule has 1 aromatic carbocycles. The summed E-state index contributed by atoms with van der Waals surface area (Å²) in [5.41, 5.74) is 2.09. The first kappa shape index (κ1) is 18.1. The molecule has 2 rings (SSSR count). The third-order valence-corrected chi connectivity index (χ3v) is 4.19. The first-order valence-electron chi connectivity index (χ1n) is 8.04. The van der Waals surface area contributed by atoms with Gasteiger partial charge in [-0.1, -0.05) is 31.7 Å². The molecule has 128 valence electrons. The number of benzene rings is 1. The second-order valence-electron chi connectivity index (χ2n) is 5.83. The molecule has 0 saturated carbocycles. The molecule has 0 fully saturated rings. The van der Waals surface area contributed by atoms with Crippen molar-refractivity contribution in [2.24, 2.45) is 0 Å². The van der Waals surface area contributed by atoms with Gasteiger partial charge in [0.25, 0.3) is 5.91 Å². The second-order valence-corrected chi connectivity index (χ2v) is 6.58. The van der Waals surface area contributed by atoms with Crippen molar-refractivity contribution in [1.82, 2.24) is 9.59 Å².